The van der Waals surface area contributed by atoms with Crippen LogP contribution in [-0.4, -0.2) is 45.0 Å². The van der Waals surface area contributed by atoms with Crippen LogP contribution in [-0.2, 0) is 16.6 Å². The number of methoxy groups -OCH3 is 2. The van der Waals surface area contributed by atoms with Gasteiger partial charge in [-0.15, -0.1) is 0 Å². The van der Waals surface area contributed by atoms with Gasteiger partial charge in [0.05, 0.1) is 24.0 Å². The van der Waals surface area contributed by atoms with E-state index in [-0.39, 0.29) is 16.3 Å². The third kappa shape index (κ3) is 4.43. The second kappa shape index (κ2) is 8.66. The van der Waals surface area contributed by atoms with Crippen LogP contribution in [0.25, 0.3) is 0 Å². The molecule has 1 N–H and O–H groups in total. The van der Waals surface area contributed by atoms with Crippen LogP contribution in [0.5, 0.6) is 11.5 Å². The third-order valence-corrected chi connectivity index (χ3v) is 6.69. The van der Waals surface area contributed by atoms with Crippen molar-refractivity contribution in [3.63, 3.8) is 0 Å². The first-order chi connectivity index (χ1) is 13.9. The summed E-state index contributed by atoms with van der Waals surface area (Å²) in [5, 5.41) is 14.5. The topological polar surface area (TPSA) is 111 Å². The van der Waals surface area contributed by atoms with Gasteiger partial charge in [0.2, 0.25) is 10.0 Å². The molecule has 156 valence electrons. The molecule has 0 amide bonds. The lowest BCUT2D eigenvalue weighted by atomic mass is 10.2. The number of ether oxygens (including phenoxy) is 2. The van der Waals surface area contributed by atoms with E-state index in [1.165, 1.54) is 30.7 Å². The maximum absolute atomic E-state index is 12.7. The Morgan fingerprint density at radius 3 is 2.38 bits per heavy atom. The Morgan fingerprint density at radius 2 is 1.76 bits per heavy atom. The summed E-state index contributed by atoms with van der Waals surface area (Å²) in [6, 6.07) is 9.27. The van der Waals surface area contributed by atoms with Crippen molar-refractivity contribution in [1.82, 2.24) is 4.31 Å². The Labute approximate surface area is 169 Å². The fourth-order valence-electron chi connectivity index (χ4n) is 3.24. The van der Waals surface area contributed by atoms with Gasteiger partial charge in [-0.2, -0.15) is 4.31 Å². The molecule has 9 nitrogen and oxygen atoms in total. The average Bonchev–Trinajstić information content (AvgIpc) is 3.27. The summed E-state index contributed by atoms with van der Waals surface area (Å²) in [4.78, 5) is 10.9. The summed E-state index contributed by atoms with van der Waals surface area (Å²) < 4.78 is 37.2. The smallest absolute Gasteiger partial charge is 0.293 e. The molecule has 2 aromatic carbocycles. The van der Waals surface area contributed by atoms with Gasteiger partial charge >= 0.3 is 0 Å². The lowest BCUT2D eigenvalue weighted by Gasteiger charge is -2.16. The molecule has 3 rings (SSSR count). The van der Waals surface area contributed by atoms with Crippen LogP contribution >= 0.6 is 0 Å². The summed E-state index contributed by atoms with van der Waals surface area (Å²) >= 11 is 0. The minimum absolute atomic E-state index is 0.0669. The maximum Gasteiger partial charge on any atom is 0.293 e. The van der Waals surface area contributed by atoms with Gasteiger partial charge in [-0.05, 0) is 42.7 Å². The van der Waals surface area contributed by atoms with E-state index in [0.717, 1.165) is 24.5 Å². The van der Waals surface area contributed by atoms with Crippen LogP contribution in [0.4, 0.5) is 11.4 Å². The van der Waals surface area contributed by atoms with Gasteiger partial charge in [0.15, 0.2) is 11.5 Å². The van der Waals surface area contributed by atoms with E-state index in [4.69, 9.17) is 9.47 Å². The number of nitro groups is 1. The first kappa shape index (κ1) is 20.9. The van der Waals surface area contributed by atoms with Gasteiger partial charge in [0, 0.05) is 25.7 Å². The summed E-state index contributed by atoms with van der Waals surface area (Å²) in [6.45, 7) is 1.17. The maximum atomic E-state index is 12.7. The van der Waals surface area contributed by atoms with Crippen molar-refractivity contribution >= 4 is 21.4 Å². The molecular weight excluding hydrogens is 398 g/mol. The predicted molar refractivity (Wildman–Crippen MR) is 108 cm³/mol. The molecule has 1 fully saturated rings. The number of benzene rings is 2. The molecule has 2 aromatic rings. The molecular formula is C19H23N3O6S. The molecule has 0 bridgehead atoms. The zero-order chi connectivity index (χ0) is 21.0. The first-order valence-electron chi connectivity index (χ1n) is 9.10. The number of rotatable bonds is 8. The van der Waals surface area contributed by atoms with Crippen molar-refractivity contribution in [2.24, 2.45) is 0 Å². The third-order valence-electron chi connectivity index (χ3n) is 4.80. The Balaban J connectivity index is 1.84. The zero-order valence-electron chi connectivity index (χ0n) is 16.3. The number of nitrogens with zero attached hydrogens (tertiary/aromatic N) is 2. The number of anilines is 1. The largest absolute Gasteiger partial charge is 0.493 e. The monoisotopic (exact) mass is 421 g/mol. The normalized spacial score (nSPS) is 14.6. The minimum Gasteiger partial charge on any atom is -0.493 e. The van der Waals surface area contributed by atoms with Crippen molar-refractivity contribution < 1.29 is 22.8 Å². The van der Waals surface area contributed by atoms with Gasteiger partial charge in [0.1, 0.15) is 5.69 Å². The Kier molecular flexibility index (Phi) is 6.23. The number of hydrogen-bond acceptors (Lipinski definition) is 7. The summed E-state index contributed by atoms with van der Waals surface area (Å²) in [5.74, 6) is 1.13. The van der Waals surface area contributed by atoms with Crippen LogP contribution in [0.2, 0.25) is 0 Å². The number of sulfonamides is 1. The van der Waals surface area contributed by atoms with Crippen LogP contribution < -0.4 is 14.8 Å². The molecule has 1 aliphatic rings. The molecule has 0 aliphatic carbocycles. The van der Waals surface area contributed by atoms with Crippen molar-refractivity contribution in [1.29, 1.82) is 0 Å². The fraction of sp³-hybridized carbons (Fsp3) is 0.368. The summed E-state index contributed by atoms with van der Waals surface area (Å²) in [6.07, 6.45) is 1.60. The van der Waals surface area contributed by atoms with Crippen molar-refractivity contribution in [3.05, 3.63) is 52.1 Å². The van der Waals surface area contributed by atoms with E-state index in [0.29, 0.717) is 31.1 Å². The highest BCUT2D eigenvalue weighted by Crippen LogP contribution is 2.32. The van der Waals surface area contributed by atoms with Gasteiger partial charge < -0.3 is 14.8 Å². The highest BCUT2D eigenvalue weighted by atomic mass is 32.2. The van der Waals surface area contributed by atoms with Gasteiger partial charge in [0.25, 0.3) is 5.69 Å². The average molecular weight is 421 g/mol. The molecule has 29 heavy (non-hydrogen) atoms. The van der Waals surface area contributed by atoms with E-state index < -0.39 is 14.9 Å². The van der Waals surface area contributed by atoms with Gasteiger partial charge in [-0.1, -0.05) is 6.07 Å². The van der Waals surface area contributed by atoms with E-state index in [9.17, 15) is 18.5 Å². The van der Waals surface area contributed by atoms with Crippen LogP contribution in [0, 0.1) is 10.1 Å². The Morgan fingerprint density at radius 1 is 1.07 bits per heavy atom. The molecule has 0 unspecified atom stereocenters. The lowest BCUT2D eigenvalue weighted by Crippen LogP contribution is -2.27. The van der Waals surface area contributed by atoms with Gasteiger partial charge in [-0.3, -0.25) is 10.1 Å². The molecule has 0 aromatic heterocycles. The lowest BCUT2D eigenvalue weighted by molar-refractivity contribution is -0.384. The second-order valence-corrected chi connectivity index (χ2v) is 8.53. The van der Waals surface area contributed by atoms with E-state index in [2.05, 4.69) is 5.32 Å². The SMILES string of the molecule is COc1ccc(CNc2ccc(S(=O)(=O)N3CCCC3)cc2[N+](=O)[O-])cc1OC. The fourth-order valence-corrected chi connectivity index (χ4v) is 4.78. The molecule has 1 heterocycles. The molecule has 1 aliphatic heterocycles. The molecule has 0 saturated carbocycles. The van der Waals surface area contributed by atoms with E-state index in [1.54, 1.807) is 12.1 Å². The van der Waals surface area contributed by atoms with Crippen molar-refractivity contribution in [2.75, 3.05) is 32.6 Å². The standard InChI is InChI=1S/C19H23N3O6S/c1-27-18-8-5-14(11-19(18)28-2)13-20-16-7-6-15(12-17(16)22(23)24)29(25,26)21-9-3-4-10-21/h5-8,11-12,20H,3-4,9-10,13H2,1-2H3. The molecule has 0 spiro atoms. The molecule has 1 saturated heterocycles. The number of hydrogen-bond donors (Lipinski definition) is 1. The predicted octanol–water partition coefficient (Wildman–Crippen LogP) is 3.01. The zero-order valence-corrected chi connectivity index (χ0v) is 17.1. The number of nitro benzene ring substituents is 1. The van der Waals surface area contributed by atoms with Crippen LogP contribution in [0.3, 0.4) is 0 Å². The van der Waals surface area contributed by atoms with Crippen molar-refractivity contribution in [3.8, 4) is 11.5 Å². The van der Waals surface area contributed by atoms with Crippen LogP contribution in [0.15, 0.2) is 41.3 Å². The molecule has 10 heteroatoms. The number of nitrogens with one attached hydrogen (secondary N) is 1. The second-order valence-electron chi connectivity index (χ2n) is 6.59. The highest BCUT2D eigenvalue weighted by Gasteiger charge is 2.29. The summed E-state index contributed by atoms with van der Waals surface area (Å²) in [5.41, 5.74) is 0.779. The molecule has 0 radical (unpaired) electrons. The highest BCUT2D eigenvalue weighted by molar-refractivity contribution is 7.89. The van der Waals surface area contributed by atoms with Crippen LogP contribution in [0.1, 0.15) is 18.4 Å². The summed E-state index contributed by atoms with van der Waals surface area (Å²) in [7, 11) is -0.659. The first-order valence-corrected chi connectivity index (χ1v) is 10.5. The van der Waals surface area contributed by atoms with E-state index in [1.807, 2.05) is 6.07 Å². The van der Waals surface area contributed by atoms with Crippen molar-refractivity contribution in [2.45, 2.75) is 24.3 Å². The Hall–Kier alpha value is -2.85. The van der Waals surface area contributed by atoms with E-state index >= 15 is 0 Å². The molecule has 0 atom stereocenters. The quantitative estimate of drug-likeness (QED) is 0.515. The van der Waals surface area contributed by atoms with Gasteiger partial charge in [-0.25, -0.2) is 8.42 Å². The minimum atomic E-state index is -3.72. The Bertz CT molecular complexity index is 1000.